The zero-order chi connectivity index (χ0) is 20.4. The maximum absolute atomic E-state index is 13.5. The van der Waals surface area contributed by atoms with Crippen molar-refractivity contribution in [3.63, 3.8) is 0 Å². The molecule has 0 bridgehead atoms. The van der Waals surface area contributed by atoms with Gasteiger partial charge < -0.3 is 14.6 Å². The van der Waals surface area contributed by atoms with Gasteiger partial charge in [-0.1, -0.05) is 13.8 Å². The minimum atomic E-state index is -0.713. The summed E-state index contributed by atoms with van der Waals surface area (Å²) in [6.45, 7) is 6.00. The Bertz CT molecular complexity index is 875. The van der Waals surface area contributed by atoms with Crippen LogP contribution in [-0.2, 0) is 22.6 Å². The van der Waals surface area contributed by atoms with E-state index in [1.807, 2.05) is 13.8 Å². The second kappa shape index (κ2) is 8.08. The molecule has 1 unspecified atom stereocenters. The number of hydrogen-bond donors (Lipinski definition) is 1. The van der Waals surface area contributed by atoms with Crippen LogP contribution in [0.5, 0.6) is 0 Å². The molecule has 0 saturated carbocycles. The van der Waals surface area contributed by atoms with Gasteiger partial charge in [0, 0.05) is 31.5 Å². The van der Waals surface area contributed by atoms with Gasteiger partial charge in [0.15, 0.2) is 0 Å². The van der Waals surface area contributed by atoms with E-state index in [9.17, 15) is 18.4 Å². The fourth-order valence-electron chi connectivity index (χ4n) is 3.35. The largest absolute Gasteiger partial charge is 0.441 e. The fraction of sp³-hybridized carbons (Fsp3) is 0.450. The van der Waals surface area contributed by atoms with Crippen molar-refractivity contribution in [3.8, 4) is 11.5 Å². The number of amides is 2. The van der Waals surface area contributed by atoms with Gasteiger partial charge in [0.2, 0.25) is 17.7 Å². The molecule has 2 aromatic rings. The summed E-state index contributed by atoms with van der Waals surface area (Å²) in [6, 6.07) is 2.49. The van der Waals surface area contributed by atoms with Gasteiger partial charge in [-0.15, -0.1) is 0 Å². The van der Waals surface area contributed by atoms with Crippen molar-refractivity contribution in [1.29, 1.82) is 0 Å². The van der Waals surface area contributed by atoms with Crippen LogP contribution < -0.4 is 5.32 Å². The quantitative estimate of drug-likeness (QED) is 0.850. The lowest BCUT2D eigenvalue weighted by Crippen LogP contribution is -2.49. The summed E-state index contributed by atoms with van der Waals surface area (Å²) in [5.74, 6) is -0.890. The van der Waals surface area contributed by atoms with E-state index < -0.39 is 17.7 Å². The summed E-state index contributed by atoms with van der Waals surface area (Å²) in [5, 5.41) is 2.72. The average Bonchev–Trinajstić information content (AvgIpc) is 3.02. The predicted octanol–water partition coefficient (Wildman–Crippen LogP) is 3.06. The van der Waals surface area contributed by atoms with Crippen molar-refractivity contribution in [2.24, 2.45) is 5.92 Å². The average molecular weight is 391 g/mol. The van der Waals surface area contributed by atoms with Crippen molar-refractivity contribution < 1.29 is 22.8 Å². The number of hydrogen-bond acceptors (Lipinski definition) is 4. The molecule has 1 aromatic heterocycles. The Balaban J connectivity index is 1.79. The molecule has 0 radical (unpaired) electrons. The first-order valence-electron chi connectivity index (χ1n) is 9.24. The van der Waals surface area contributed by atoms with Crippen molar-refractivity contribution in [3.05, 3.63) is 41.3 Å². The van der Waals surface area contributed by atoms with Crippen LogP contribution in [0.4, 0.5) is 8.78 Å². The first-order valence-corrected chi connectivity index (χ1v) is 9.24. The monoisotopic (exact) mass is 391 g/mol. The van der Waals surface area contributed by atoms with Crippen LogP contribution in [0.25, 0.3) is 11.5 Å². The van der Waals surface area contributed by atoms with Crippen molar-refractivity contribution >= 4 is 11.8 Å². The molecule has 28 heavy (non-hydrogen) atoms. The molecule has 2 heterocycles. The van der Waals surface area contributed by atoms with E-state index >= 15 is 0 Å². The number of aromatic nitrogens is 1. The Kier molecular flexibility index (Phi) is 5.76. The van der Waals surface area contributed by atoms with Crippen LogP contribution >= 0.6 is 0 Å². The number of nitrogens with zero attached hydrogens (tertiary/aromatic N) is 2. The van der Waals surface area contributed by atoms with Gasteiger partial charge in [-0.2, -0.15) is 0 Å². The van der Waals surface area contributed by atoms with Crippen molar-refractivity contribution in [2.75, 3.05) is 6.54 Å². The highest BCUT2D eigenvalue weighted by molar-refractivity contribution is 5.87. The van der Waals surface area contributed by atoms with E-state index in [0.717, 1.165) is 18.2 Å². The molecule has 1 aromatic carbocycles. The van der Waals surface area contributed by atoms with Crippen LogP contribution in [0.3, 0.4) is 0 Å². The van der Waals surface area contributed by atoms with Gasteiger partial charge in [0.25, 0.3) is 0 Å². The predicted molar refractivity (Wildman–Crippen MR) is 98.0 cm³/mol. The second-order valence-electron chi connectivity index (χ2n) is 7.44. The third-order valence-corrected chi connectivity index (χ3v) is 4.53. The van der Waals surface area contributed by atoms with Crippen LogP contribution in [0.2, 0.25) is 0 Å². The molecule has 6 nitrogen and oxygen atoms in total. The molecule has 1 atom stereocenters. The van der Waals surface area contributed by atoms with Crippen molar-refractivity contribution in [2.45, 2.75) is 46.2 Å². The third kappa shape index (κ3) is 4.55. The maximum atomic E-state index is 13.5. The molecular weight excluding hydrogens is 368 g/mol. The number of benzene rings is 1. The van der Waals surface area contributed by atoms with E-state index in [1.165, 1.54) is 6.92 Å². The molecule has 0 saturated heterocycles. The lowest BCUT2D eigenvalue weighted by Gasteiger charge is -2.30. The highest BCUT2D eigenvalue weighted by Crippen LogP contribution is 2.27. The number of fused-ring (bicyclic) bond motifs is 1. The van der Waals surface area contributed by atoms with Gasteiger partial charge in [-0.25, -0.2) is 13.8 Å². The summed E-state index contributed by atoms with van der Waals surface area (Å²) in [6.07, 6.45) is 0.981. The van der Waals surface area contributed by atoms with Crippen molar-refractivity contribution in [1.82, 2.24) is 15.2 Å². The smallest absolute Gasteiger partial charge is 0.245 e. The zero-order valence-corrected chi connectivity index (χ0v) is 16.1. The van der Waals surface area contributed by atoms with E-state index in [4.69, 9.17) is 4.42 Å². The van der Waals surface area contributed by atoms with E-state index in [1.54, 1.807) is 4.90 Å². The normalized spacial score (nSPS) is 14.7. The Morgan fingerprint density at radius 1 is 1.25 bits per heavy atom. The molecule has 3 rings (SSSR count). The first-order chi connectivity index (χ1) is 13.2. The summed E-state index contributed by atoms with van der Waals surface area (Å²) in [4.78, 5) is 30.3. The number of halogens is 2. The van der Waals surface area contributed by atoms with Crippen LogP contribution in [0, 0.1) is 17.6 Å². The molecule has 2 amide bonds. The molecule has 8 heteroatoms. The lowest BCUT2D eigenvalue weighted by atomic mass is 10.0. The van der Waals surface area contributed by atoms with E-state index in [2.05, 4.69) is 10.3 Å². The Morgan fingerprint density at radius 3 is 2.54 bits per heavy atom. The number of carbonyl (C=O) groups is 2. The van der Waals surface area contributed by atoms with E-state index in [0.29, 0.717) is 30.8 Å². The SMILES string of the molecule is CC(=O)NC(CC(C)C)C(=O)N1CCc2oc(-c3cc(F)cc(F)c3)nc2C1. The molecular formula is C20H23F2N3O3. The number of nitrogens with one attached hydrogen (secondary N) is 1. The first kappa shape index (κ1) is 20.0. The molecule has 0 aliphatic carbocycles. The summed E-state index contributed by atoms with van der Waals surface area (Å²) in [7, 11) is 0. The standard InChI is InChI=1S/C20H23F2N3O3/c1-11(2)6-16(23-12(3)26)20(27)25-5-4-18-17(10-25)24-19(28-18)13-7-14(21)9-15(22)8-13/h7-9,11,16H,4-6,10H2,1-3H3,(H,23,26). The van der Waals surface area contributed by atoms with E-state index in [-0.39, 0.29) is 35.7 Å². The summed E-state index contributed by atoms with van der Waals surface area (Å²) >= 11 is 0. The fourth-order valence-corrected chi connectivity index (χ4v) is 3.35. The molecule has 1 aliphatic rings. The second-order valence-corrected chi connectivity index (χ2v) is 7.44. The lowest BCUT2D eigenvalue weighted by molar-refractivity contribution is -0.137. The zero-order valence-electron chi connectivity index (χ0n) is 16.1. The van der Waals surface area contributed by atoms with Gasteiger partial charge in [0.05, 0.1) is 6.54 Å². The van der Waals surface area contributed by atoms with Gasteiger partial charge in [0.1, 0.15) is 29.1 Å². The minimum Gasteiger partial charge on any atom is -0.441 e. The number of oxazole rings is 1. The maximum Gasteiger partial charge on any atom is 0.245 e. The topological polar surface area (TPSA) is 75.4 Å². The molecule has 0 spiro atoms. The molecule has 1 N–H and O–H groups in total. The Hall–Kier alpha value is -2.77. The van der Waals surface area contributed by atoms with Gasteiger partial charge >= 0.3 is 0 Å². The summed E-state index contributed by atoms with van der Waals surface area (Å²) < 4.78 is 32.6. The minimum absolute atomic E-state index is 0.123. The highest BCUT2D eigenvalue weighted by atomic mass is 19.1. The Morgan fingerprint density at radius 2 is 1.93 bits per heavy atom. The van der Waals surface area contributed by atoms with Gasteiger partial charge in [-0.05, 0) is 24.5 Å². The van der Waals surface area contributed by atoms with Crippen LogP contribution in [-0.4, -0.2) is 34.3 Å². The number of rotatable bonds is 5. The highest BCUT2D eigenvalue weighted by Gasteiger charge is 2.31. The summed E-state index contributed by atoms with van der Waals surface area (Å²) in [5.41, 5.74) is 0.770. The molecule has 0 fully saturated rings. The molecule has 150 valence electrons. The van der Waals surface area contributed by atoms with Gasteiger partial charge in [-0.3, -0.25) is 9.59 Å². The Labute approximate surface area is 161 Å². The van der Waals surface area contributed by atoms with Crippen LogP contribution in [0.1, 0.15) is 38.6 Å². The molecule has 1 aliphatic heterocycles. The number of carbonyl (C=O) groups excluding carboxylic acids is 2. The van der Waals surface area contributed by atoms with Crippen LogP contribution in [0.15, 0.2) is 22.6 Å². The third-order valence-electron chi connectivity index (χ3n) is 4.53.